The minimum atomic E-state index is 0.194. The Morgan fingerprint density at radius 3 is 2.61 bits per heavy atom. The Morgan fingerprint density at radius 2 is 1.91 bits per heavy atom. The number of amides is 1. The first-order valence-electron chi connectivity index (χ1n) is 8.77. The number of nitrogens with zero attached hydrogens (tertiary/aromatic N) is 2. The molecule has 2 aliphatic rings. The summed E-state index contributed by atoms with van der Waals surface area (Å²) in [6, 6.07) is 7.10. The van der Waals surface area contributed by atoms with Crippen molar-refractivity contribution in [3.05, 3.63) is 34.9 Å². The lowest BCUT2D eigenvalue weighted by molar-refractivity contribution is -0.0335. The van der Waals surface area contributed by atoms with Gasteiger partial charge in [0, 0.05) is 37.3 Å². The Morgan fingerprint density at radius 1 is 1.17 bits per heavy atom. The average Bonchev–Trinajstić information content (AvgIpc) is 2.57. The molecular formula is C19H28N2O2. The molecule has 1 aromatic carbocycles. The van der Waals surface area contributed by atoms with Gasteiger partial charge in [0.2, 0.25) is 0 Å². The fourth-order valence-corrected chi connectivity index (χ4v) is 3.84. The number of ether oxygens (including phenoxy) is 1. The fourth-order valence-electron chi connectivity index (χ4n) is 3.84. The standard InChI is InChI=1S/C19H28N2O2/c1-14-5-4-6-18(16(14)3)19(22)20-9-7-17(8-10-20)21-11-12-23-13-15(21)2/h4-6,15,17H,7-13H2,1-3H3/t15-/m1/s1. The van der Waals surface area contributed by atoms with Crippen LogP contribution in [0.4, 0.5) is 0 Å². The van der Waals surface area contributed by atoms with Gasteiger partial charge in [0.25, 0.3) is 5.91 Å². The Hall–Kier alpha value is -1.39. The number of carbonyl (C=O) groups is 1. The number of likely N-dealkylation sites (tertiary alicyclic amines) is 1. The smallest absolute Gasteiger partial charge is 0.254 e. The van der Waals surface area contributed by atoms with Gasteiger partial charge in [-0.25, -0.2) is 0 Å². The molecule has 0 N–H and O–H groups in total. The summed E-state index contributed by atoms with van der Waals surface area (Å²) < 4.78 is 5.54. The molecule has 3 rings (SSSR count). The average molecular weight is 316 g/mol. The van der Waals surface area contributed by atoms with E-state index in [1.54, 1.807) is 0 Å². The highest BCUT2D eigenvalue weighted by Crippen LogP contribution is 2.23. The van der Waals surface area contributed by atoms with E-state index in [2.05, 4.69) is 24.8 Å². The maximum absolute atomic E-state index is 12.8. The van der Waals surface area contributed by atoms with Crippen LogP contribution in [0.3, 0.4) is 0 Å². The van der Waals surface area contributed by atoms with E-state index in [4.69, 9.17) is 4.74 Å². The SMILES string of the molecule is Cc1cccc(C(=O)N2CCC(N3CCOC[C@H]3C)CC2)c1C. The Labute approximate surface area is 139 Å². The van der Waals surface area contributed by atoms with Gasteiger partial charge in [-0.3, -0.25) is 9.69 Å². The number of hydrogen-bond acceptors (Lipinski definition) is 3. The highest BCUT2D eigenvalue weighted by atomic mass is 16.5. The second-order valence-corrected chi connectivity index (χ2v) is 6.93. The van der Waals surface area contributed by atoms with Gasteiger partial charge in [0.05, 0.1) is 13.2 Å². The molecule has 0 aliphatic carbocycles. The lowest BCUT2D eigenvalue weighted by Crippen LogP contribution is -2.53. The van der Waals surface area contributed by atoms with E-state index >= 15 is 0 Å². The van der Waals surface area contributed by atoms with E-state index in [1.165, 1.54) is 5.56 Å². The molecule has 2 heterocycles. The number of piperidine rings is 1. The zero-order valence-electron chi connectivity index (χ0n) is 14.5. The summed E-state index contributed by atoms with van der Waals surface area (Å²) in [4.78, 5) is 17.4. The fraction of sp³-hybridized carbons (Fsp3) is 0.632. The van der Waals surface area contributed by atoms with Crippen LogP contribution < -0.4 is 0 Å². The zero-order valence-corrected chi connectivity index (χ0v) is 14.5. The molecule has 2 fully saturated rings. The van der Waals surface area contributed by atoms with E-state index in [-0.39, 0.29) is 5.91 Å². The highest BCUT2D eigenvalue weighted by Gasteiger charge is 2.31. The van der Waals surface area contributed by atoms with Crippen LogP contribution in [0, 0.1) is 13.8 Å². The number of aryl methyl sites for hydroxylation is 1. The number of rotatable bonds is 2. The van der Waals surface area contributed by atoms with Gasteiger partial charge in [0.15, 0.2) is 0 Å². The number of carbonyl (C=O) groups excluding carboxylic acids is 1. The maximum atomic E-state index is 12.8. The predicted octanol–water partition coefficient (Wildman–Crippen LogP) is 2.63. The largest absolute Gasteiger partial charge is 0.379 e. The van der Waals surface area contributed by atoms with Crippen molar-refractivity contribution < 1.29 is 9.53 Å². The summed E-state index contributed by atoms with van der Waals surface area (Å²) in [6.45, 7) is 10.8. The van der Waals surface area contributed by atoms with Crippen LogP contribution in [0.15, 0.2) is 18.2 Å². The van der Waals surface area contributed by atoms with Gasteiger partial charge in [-0.05, 0) is 50.8 Å². The highest BCUT2D eigenvalue weighted by molar-refractivity contribution is 5.96. The van der Waals surface area contributed by atoms with Gasteiger partial charge < -0.3 is 9.64 Å². The number of benzene rings is 1. The third-order valence-corrected chi connectivity index (χ3v) is 5.47. The quantitative estimate of drug-likeness (QED) is 0.841. The Kier molecular flexibility index (Phi) is 5.02. The Balaban J connectivity index is 1.62. The molecule has 1 aromatic rings. The van der Waals surface area contributed by atoms with Crippen LogP contribution in [0.2, 0.25) is 0 Å². The molecule has 4 nitrogen and oxygen atoms in total. The molecule has 1 atom stereocenters. The molecule has 2 saturated heterocycles. The van der Waals surface area contributed by atoms with E-state index < -0.39 is 0 Å². The molecule has 0 bridgehead atoms. The van der Waals surface area contributed by atoms with Crippen molar-refractivity contribution in [3.63, 3.8) is 0 Å². The van der Waals surface area contributed by atoms with Crippen molar-refractivity contribution in [1.29, 1.82) is 0 Å². The van der Waals surface area contributed by atoms with Crippen LogP contribution in [0.25, 0.3) is 0 Å². The van der Waals surface area contributed by atoms with Crippen molar-refractivity contribution >= 4 is 5.91 Å². The van der Waals surface area contributed by atoms with Gasteiger partial charge >= 0.3 is 0 Å². The van der Waals surface area contributed by atoms with Crippen molar-refractivity contribution in [1.82, 2.24) is 9.80 Å². The molecule has 126 valence electrons. The number of hydrogen-bond donors (Lipinski definition) is 0. The van der Waals surface area contributed by atoms with Gasteiger partial charge in [-0.2, -0.15) is 0 Å². The third-order valence-electron chi connectivity index (χ3n) is 5.47. The molecular weight excluding hydrogens is 288 g/mol. The second kappa shape index (κ2) is 7.02. The summed E-state index contributed by atoms with van der Waals surface area (Å²) in [5, 5.41) is 0. The van der Waals surface area contributed by atoms with Crippen LogP contribution in [-0.2, 0) is 4.74 Å². The molecule has 0 saturated carbocycles. The summed E-state index contributed by atoms with van der Waals surface area (Å²) in [5.74, 6) is 0.194. The summed E-state index contributed by atoms with van der Waals surface area (Å²) in [5.41, 5.74) is 3.16. The van der Waals surface area contributed by atoms with Crippen LogP contribution in [-0.4, -0.2) is 60.6 Å². The number of morpholine rings is 1. The zero-order chi connectivity index (χ0) is 16.4. The predicted molar refractivity (Wildman–Crippen MR) is 91.8 cm³/mol. The van der Waals surface area contributed by atoms with Crippen molar-refractivity contribution in [3.8, 4) is 0 Å². The molecule has 1 amide bonds. The minimum absolute atomic E-state index is 0.194. The van der Waals surface area contributed by atoms with Gasteiger partial charge in [-0.15, -0.1) is 0 Å². The van der Waals surface area contributed by atoms with Crippen LogP contribution in [0.1, 0.15) is 41.3 Å². The maximum Gasteiger partial charge on any atom is 0.254 e. The summed E-state index contributed by atoms with van der Waals surface area (Å²) >= 11 is 0. The first-order valence-corrected chi connectivity index (χ1v) is 8.77. The van der Waals surface area contributed by atoms with Crippen LogP contribution in [0.5, 0.6) is 0 Å². The summed E-state index contributed by atoms with van der Waals surface area (Å²) in [7, 11) is 0. The van der Waals surface area contributed by atoms with Crippen molar-refractivity contribution in [2.75, 3.05) is 32.8 Å². The Bertz CT molecular complexity index is 564. The monoisotopic (exact) mass is 316 g/mol. The third kappa shape index (κ3) is 3.43. The van der Waals surface area contributed by atoms with Crippen LogP contribution >= 0.6 is 0 Å². The molecule has 0 radical (unpaired) electrons. The van der Waals surface area contributed by atoms with Crippen molar-refractivity contribution in [2.24, 2.45) is 0 Å². The second-order valence-electron chi connectivity index (χ2n) is 6.93. The molecule has 23 heavy (non-hydrogen) atoms. The van der Waals surface area contributed by atoms with E-state index in [0.29, 0.717) is 12.1 Å². The lowest BCUT2D eigenvalue weighted by Gasteiger charge is -2.43. The lowest BCUT2D eigenvalue weighted by atomic mass is 9.98. The van der Waals surface area contributed by atoms with Gasteiger partial charge in [0.1, 0.15) is 0 Å². The molecule has 0 spiro atoms. The molecule has 0 aromatic heterocycles. The first-order chi connectivity index (χ1) is 11.1. The van der Waals surface area contributed by atoms with E-state index in [1.807, 2.05) is 24.0 Å². The molecule has 2 aliphatic heterocycles. The van der Waals surface area contributed by atoms with Gasteiger partial charge in [-0.1, -0.05) is 12.1 Å². The topological polar surface area (TPSA) is 32.8 Å². The first kappa shape index (κ1) is 16.5. The van der Waals surface area contributed by atoms with Crippen molar-refractivity contribution in [2.45, 2.75) is 45.7 Å². The normalized spacial score (nSPS) is 24.0. The minimum Gasteiger partial charge on any atom is -0.379 e. The molecule has 0 unspecified atom stereocenters. The molecule has 4 heteroatoms. The van der Waals surface area contributed by atoms with E-state index in [0.717, 1.165) is 56.8 Å². The summed E-state index contributed by atoms with van der Waals surface area (Å²) in [6.07, 6.45) is 2.14. The van der Waals surface area contributed by atoms with E-state index in [9.17, 15) is 4.79 Å².